The first-order chi connectivity index (χ1) is 14.1. The molecule has 0 bridgehead atoms. The summed E-state index contributed by atoms with van der Waals surface area (Å²) < 4.78 is 44.0. The summed E-state index contributed by atoms with van der Waals surface area (Å²) in [6.07, 6.45) is -1.13. The number of rotatable bonds is 7. The fourth-order valence-corrected chi connectivity index (χ4v) is 2.54. The molecule has 2 rings (SSSR count). The van der Waals surface area contributed by atoms with Gasteiger partial charge in [0.15, 0.2) is 0 Å². The van der Waals surface area contributed by atoms with E-state index in [1.165, 1.54) is 12.1 Å². The molecule has 30 heavy (non-hydrogen) atoms. The molecule has 2 aromatic rings. The third-order valence-electron chi connectivity index (χ3n) is 3.79. The van der Waals surface area contributed by atoms with Gasteiger partial charge in [0.1, 0.15) is 12.4 Å². The number of ether oxygens (including phenoxy) is 1. The molecule has 5 nitrogen and oxygen atoms in total. The van der Waals surface area contributed by atoms with E-state index < -0.39 is 23.6 Å². The lowest BCUT2D eigenvalue weighted by Crippen LogP contribution is -2.08. The van der Waals surface area contributed by atoms with Gasteiger partial charge in [-0.25, -0.2) is 0 Å². The van der Waals surface area contributed by atoms with E-state index in [0.29, 0.717) is 16.9 Å². The molecule has 1 unspecified atom stereocenters. The molecule has 0 aliphatic carbocycles. The quantitative estimate of drug-likeness (QED) is 0.350. The van der Waals surface area contributed by atoms with Crippen LogP contribution in [0.4, 0.5) is 13.2 Å². The highest BCUT2D eigenvalue weighted by atomic mass is 35.5. The Kier molecular flexibility index (Phi) is 9.91. The topological polar surface area (TPSA) is 90.6 Å². The molecule has 0 spiro atoms. The molecule has 0 aliphatic heterocycles. The minimum absolute atomic E-state index is 0.0806. The largest absolute Gasteiger partial charge is 0.516 e. The normalized spacial score (nSPS) is 12.0. The van der Waals surface area contributed by atoms with Crippen LogP contribution in [0.3, 0.4) is 0 Å². The summed E-state index contributed by atoms with van der Waals surface area (Å²) >= 11 is 5.57. The van der Waals surface area contributed by atoms with Gasteiger partial charge in [-0.1, -0.05) is 35.9 Å². The van der Waals surface area contributed by atoms with Crippen LogP contribution in [0.15, 0.2) is 54.8 Å². The van der Waals surface area contributed by atoms with Crippen LogP contribution in [0.25, 0.3) is 0 Å². The number of nitrogens with one attached hydrogen (secondary N) is 1. The lowest BCUT2D eigenvalue weighted by atomic mass is 9.97. The van der Waals surface area contributed by atoms with Gasteiger partial charge in [-0.2, -0.15) is 13.2 Å². The number of carbonyl (C=O) groups is 1. The van der Waals surface area contributed by atoms with Gasteiger partial charge < -0.3 is 20.4 Å². The highest BCUT2D eigenvalue weighted by Crippen LogP contribution is 2.35. The average molecular weight is 444 g/mol. The molecular formula is C21H21ClF3NO4. The Hall–Kier alpha value is -3.00. The van der Waals surface area contributed by atoms with E-state index in [4.69, 9.17) is 32.0 Å². The summed E-state index contributed by atoms with van der Waals surface area (Å²) in [5.74, 6) is -1.15. The Balaban J connectivity index is 0.00000103. The van der Waals surface area contributed by atoms with Crippen LogP contribution in [0.5, 0.6) is 5.75 Å². The number of carboxylic acids is 1. The number of hydrogen-bond donors (Lipinski definition) is 3. The number of aliphatic hydroxyl groups is 1. The second-order valence-electron chi connectivity index (χ2n) is 6.02. The van der Waals surface area contributed by atoms with E-state index in [1.54, 1.807) is 37.3 Å². The number of halogens is 4. The van der Waals surface area contributed by atoms with Crippen LogP contribution in [0.1, 0.15) is 36.0 Å². The highest BCUT2D eigenvalue weighted by Gasteiger charge is 2.33. The van der Waals surface area contributed by atoms with Crippen molar-refractivity contribution in [3.05, 3.63) is 76.5 Å². The average Bonchev–Trinajstić information content (AvgIpc) is 2.71. The van der Waals surface area contributed by atoms with Crippen LogP contribution in [0.2, 0.25) is 5.02 Å². The zero-order chi connectivity index (χ0) is 22.7. The first kappa shape index (κ1) is 25.0. The second kappa shape index (κ2) is 11.9. The molecule has 0 radical (unpaired) electrons. The predicted molar refractivity (Wildman–Crippen MR) is 108 cm³/mol. The number of benzene rings is 2. The number of aliphatic carboxylic acids is 1. The molecular weight excluding hydrogens is 423 g/mol. The zero-order valence-electron chi connectivity index (χ0n) is 16.0. The van der Waals surface area contributed by atoms with Crippen molar-refractivity contribution in [3.63, 3.8) is 0 Å². The van der Waals surface area contributed by atoms with Crippen molar-refractivity contribution in [1.82, 2.24) is 0 Å². The second-order valence-corrected chi connectivity index (χ2v) is 6.43. The molecule has 0 saturated carbocycles. The van der Waals surface area contributed by atoms with Crippen molar-refractivity contribution < 1.29 is 32.9 Å². The Labute approximate surface area is 176 Å². The maximum atomic E-state index is 12.9. The van der Waals surface area contributed by atoms with E-state index in [2.05, 4.69) is 0 Å². The molecule has 162 valence electrons. The minimum Gasteiger partial charge on any atom is -0.516 e. The van der Waals surface area contributed by atoms with Crippen molar-refractivity contribution in [3.8, 4) is 5.75 Å². The smallest absolute Gasteiger partial charge is 0.417 e. The Morgan fingerprint density at radius 1 is 1.23 bits per heavy atom. The predicted octanol–water partition coefficient (Wildman–Crippen LogP) is 6.22. The number of carboxylic acid groups (broad SMARTS) is 1. The fraction of sp³-hybridized carbons (Fsp3) is 0.238. The van der Waals surface area contributed by atoms with E-state index in [0.717, 1.165) is 18.5 Å². The molecule has 0 fully saturated rings. The minimum atomic E-state index is -4.54. The molecule has 0 saturated heterocycles. The monoisotopic (exact) mass is 443 g/mol. The van der Waals surface area contributed by atoms with Crippen LogP contribution >= 0.6 is 11.6 Å². The summed E-state index contributed by atoms with van der Waals surface area (Å²) in [6.45, 7) is 1.67. The molecule has 0 amide bonds. The van der Waals surface area contributed by atoms with Gasteiger partial charge in [0.25, 0.3) is 0 Å². The van der Waals surface area contributed by atoms with E-state index in [-0.39, 0.29) is 18.1 Å². The summed E-state index contributed by atoms with van der Waals surface area (Å²) in [5, 5.41) is 23.4. The molecule has 0 aliphatic rings. The number of aliphatic hydroxyl groups excluding tert-OH is 1. The first-order valence-electron chi connectivity index (χ1n) is 8.68. The van der Waals surface area contributed by atoms with Crippen molar-refractivity contribution in [1.29, 1.82) is 5.41 Å². The Morgan fingerprint density at radius 3 is 2.30 bits per heavy atom. The van der Waals surface area contributed by atoms with Crippen molar-refractivity contribution in [2.45, 2.75) is 32.0 Å². The lowest BCUT2D eigenvalue weighted by Gasteiger charge is -2.13. The third-order valence-corrected chi connectivity index (χ3v) is 4.12. The van der Waals surface area contributed by atoms with Crippen molar-refractivity contribution in [2.75, 3.05) is 0 Å². The van der Waals surface area contributed by atoms with E-state index in [9.17, 15) is 18.0 Å². The Morgan fingerprint density at radius 2 is 1.83 bits per heavy atom. The van der Waals surface area contributed by atoms with E-state index >= 15 is 0 Å². The summed E-state index contributed by atoms with van der Waals surface area (Å²) in [5.41, 5.74) is 0.0350. The molecule has 9 heteroatoms. The van der Waals surface area contributed by atoms with Gasteiger partial charge >= 0.3 is 12.1 Å². The first-order valence-corrected chi connectivity index (χ1v) is 9.06. The van der Waals surface area contributed by atoms with Crippen LogP contribution in [0, 0.1) is 5.41 Å². The van der Waals surface area contributed by atoms with Crippen LogP contribution < -0.4 is 4.74 Å². The highest BCUT2D eigenvalue weighted by molar-refractivity contribution is 6.31. The fourth-order valence-electron chi connectivity index (χ4n) is 2.32. The van der Waals surface area contributed by atoms with Gasteiger partial charge in [0.2, 0.25) is 0 Å². The number of alkyl halides is 3. The SMILES string of the molecule is C/C=C\O.N=CC(CC(=O)O)c1ccc(OCc2ccc(Cl)c(C(F)(F)F)c2)cc1. The summed E-state index contributed by atoms with van der Waals surface area (Å²) in [4.78, 5) is 10.8. The maximum Gasteiger partial charge on any atom is 0.417 e. The number of allylic oxidation sites excluding steroid dienone is 1. The molecule has 0 aromatic heterocycles. The van der Waals surface area contributed by atoms with Gasteiger partial charge in [0, 0.05) is 12.1 Å². The molecule has 0 heterocycles. The van der Waals surface area contributed by atoms with Gasteiger partial charge in [-0.15, -0.1) is 0 Å². The standard InChI is InChI=1S/C18H15ClF3NO3.C3H6O/c19-16-6-1-11(7-15(16)18(20,21)22)10-26-14-4-2-12(3-5-14)13(9-23)8-17(24)25;1-2-3-4/h1-7,9,13,23H,8,10H2,(H,24,25);2-4H,1H3/b;3-2-. The van der Waals surface area contributed by atoms with Crippen molar-refractivity contribution in [2.24, 2.45) is 0 Å². The maximum absolute atomic E-state index is 12.9. The zero-order valence-corrected chi connectivity index (χ0v) is 16.7. The van der Waals surface area contributed by atoms with Crippen LogP contribution in [-0.2, 0) is 17.6 Å². The van der Waals surface area contributed by atoms with Gasteiger partial charge in [0.05, 0.1) is 23.3 Å². The third kappa shape index (κ3) is 8.16. The van der Waals surface area contributed by atoms with Gasteiger partial charge in [-0.3, -0.25) is 4.79 Å². The van der Waals surface area contributed by atoms with Gasteiger partial charge in [-0.05, 0) is 42.3 Å². The summed E-state index contributed by atoms with van der Waals surface area (Å²) in [7, 11) is 0. The Bertz CT molecular complexity index is 864. The lowest BCUT2D eigenvalue weighted by molar-refractivity contribution is -0.138. The van der Waals surface area contributed by atoms with Crippen molar-refractivity contribution >= 4 is 23.8 Å². The number of hydrogen-bond acceptors (Lipinski definition) is 4. The van der Waals surface area contributed by atoms with Crippen LogP contribution in [-0.4, -0.2) is 22.4 Å². The van der Waals surface area contributed by atoms with E-state index in [1.807, 2.05) is 0 Å². The molecule has 3 N–H and O–H groups in total. The summed E-state index contributed by atoms with van der Waals surface area (Å²) in [6, 6.07) is 9.96. The molecule has 2 aromatic carbocycles. The molecule has 1 atom stereocenters.